The molecule has 1 amide bonds. The van der Waals surface area contributed by atoms with Crippen LogP contribution in [0.15, 0.2) is 35.4 Å². The summed E-state index contributed by atoms with van der Waals surface area (Å²) >= 11 is 0. The van der Waals surface area contributed by atoms with Crippen LogP contribution in [0.25, 0.3) is 0 Å². The van der Waals surface area contributed by atoms with Gasteiger partial charge in [0.25, 0.3) is 5.91 Å². The second kappa shape index (κ2) is 3.85. The van der Waals surface area contributed by atoms with Crippen molar-refractivity contribution < 1.29 is 9.90 Å². The molecule has 2 aliphatic rings. The third-order valence-corrected chi connectivity index (χ3v) is 3.16. The number of hydrogen-bond donors (Lipinski definition) is 2. The molecule has 1 saturated heterocycles. The first-order chi connectivity index (χ1) is 8.25. The largest absolute Gasteiger partial charge is 0.391 e. The number of aliphatic hydroxyl groups is 1. The van der Waals surface area contributed by atoms with E-state index in [1.54, 1.807) is 0 Å². The molecule has 1 aromatic rings. The highest BCUT2D eigenvalue weighted by Crippen LogP contribution is 2.23. The topological polar surface area (TPSA) is 64.9 Å². The van der Waals surface area contributed by atoms with Crippen molar-refractivity contribution in [2.24, 2.45) is 5.10 Å². The molecule has 17 heavy (non-hydrogen) atoms. The lowest BCUT2D eigenvalue weighted by atomic mass is 10.1. The number of amidine groups is 1. The molecular weight excluding hydrogens is 218 g/mol. The van der Waals surface area contributed by atoms with Gasteiger partial charge in [-0.2, -0.15) is 5.10 Å². The van der Waals surface area contributed by atoms with E-state index in [9.17, 15) is 9.90 Å². The average Bonchev–Trinajstić information content (AvgIpc) is 2.73. The zero-order valence-electron chi connectivity index (χ0n) is 9.21. The minimum atomic E-state index is -0.460. The summed E-state index contributed by atoms with van der Waals surface area (Å²) in [5.41, 5.74) is 3.47. The molecule has 2 aliphatic heterocycles. The van der Waals surface area contributed by atoms with Crippen LogP contribution < -0.4 is 5.43 Å². The fourth-order valence-electron chi connectivity index (χ4n) is 2.36. The molecule has 1 aromatic carbocycles. The summed E-state index contributed by atoms with van der Waals surface area (Å²) in [6.07, 6.45) is 0.00952. The summed E-state index contributed by atoms with van der Waals surface area (Å²) in [5, 5.41) is 13.8. The van der Waals surface area contributed by atoms with Crippen LogP contribution in [0.2, 0.25) is 0 Å². The van der Waals surface area contributed by atoms with Crippen LogP contribution in [0.5, 0.6) is 0 Å². The number of aliphatic hydroxyl groups excluding tert-OH is 1. The predicted octanol–water partition coefficient (Wildman–Crippen LogP) is -0.0868. The van der Waals surface area contributed by atoms with Crippen LogP contribution in [-0.4, -0.2) is 40.4 Å². The fourth-order valence-corrected chi connectivity index (χ4v) is 2.36. The van der Waals surface area contributed by atoms with E-state index < -0.39 is 6.10 Å². The molecule has 0 saturated carbocycles. The van der Waals surface area contributed by atoms with Crippen molar-refractivity contribution in [2.45, 2.75) is 18.6 Å². The van der Waals surface area contributed by atoms with Crippen molar-refractivity contribution in [2.75, 3.05) is 6.54 Å². The van der Waals surface area contributed by atoms with E-state index in [-0.39, 0.29) is 11.9 Å². The Morgan fingerprint density at radius 2 is 2.12 bits per heavy atom. The monoisotopic (exact) mass is 231 g/mol. The minimum absolute atomic E-state index is 0.138. The molecule has 1 fully saturated rings. The molecule has 3 rings (SSSR count). The molecule has 0 bridgehead atoms. The number of carbonyl (C=O) groups is 1. The molecule has 88 valence electrons. The lowest BCUT2D eigenvalue weighted by Crippen LogP contribution is -2.50. The van der Waals surface area contributed by atoms with E-state index in [4.69, 9.17) is 0 Å². The molecule has 2 unspecified atom stereocenters. The summed E-state index contributed by atoms with van der Waals surface area (Å²) in [6.45, 7) is 0.464. The van der Waals surface area contributed by atoms with Crippen molar-refractivity contribution in [3.05, 3.63) is 35.9 Å². The Morgan fingerprint density at radius 1 is 1.35 bits per heavy atom. The number of amides is 1. The Bertz CT molecular complexity index is 472. The Kier molecular flexibility index (Phi) is 2.33. The number of hydrogen-bond acceptors (Lipinski definition) is 4. The molecular formula is C12H13N3O2. The highest BCUT2D eigenvalue weighted by atomic mass is 16.3. The summed E-state index contributed by atoms with van der Waals surface area (Å²) in [7, 11) is 0. The van der Waals surface area contributed by atoms with Crippen LogP contribution in [0, 0.1) is 0 Å². The molecule has 0 spiro atoms. The fraction of sp³-hybridized carbons (Fsp3) is 0.333. The van der Waals surface area contributed by atoms with Gasteiger partial charge < -0.3 is 10.0 Å². The van der Waals surface area contributed by atoms with Gasteiger partial charge in [-0.15, -0.1) is 0 Å². The number of carbonyl (C=O) groups excluding carboxylic acids is 1. The first kappa shape index (κ1) is 10.3. The van der Waals surface area contributed by atoms with E-state index in [0.29, 0.717) is 13.0 Å². The highest BCUT2D eigenvalue weighted by Gasteiger charge is 2.40. The van der Waals surface area contributed by atoms with Gasteiger partial charge in [-0.3, -0.25) is 4.79 Å². The molecule has 5 heteroatoms. The average molecular weight is 231 g/mol. The first-order valence-corrected chi connectivity index (χ1v) is 5.63. The number of rotatable bonds is 1. The van der Waals surface area contributed by atoms with E-state index >= 15 is 0 Å². The maximum Gasteiger partial charge on any atom is 0.262 e. The second-order valence-electron chi connectivity index (χ2n) is 4.34. The van der Waals surface area contributed by atoms with Crippen molar-refractivity contribution in [1.82, 2.24) is 10.3 Å². The number of fused-ring (bicyclic) bond motifs is 1. The Hall–Kier alpha value is -1.88. The van der Waals surface area contributed by atoms with Crippen molar-refractivity contribution in [1.29, 1.82) is 0 Å². The van der Waals surface area contributed by atoms with Crippen molar-refractivity contribution in [3.8, 4) is 0 Å². The SMILES string of the molecule is O=C1NN=C(c2ccccc2)N2CC(O)CC12. The summed E-state index contributed by atoms with van der Waals surface area (Å²) in [5.74, 6) is 0.591. The van der Waals surface area contributed by atoms with Gasteiger partial charge in [0.2, 0.25) is 0 Å². The van der Waals surface area contributed by atoms with Gasteiger partial charge in [-0.05, 0) is 0 Å². The zero-order chi connectivity index (χ0) is 11.8. The number of hydrazone groups is 1. The first-order valence-electron chi connectivity index (χ1n) is 5.63. The van der Waals surface area contributed by atoms with E-state index in [1.165, 1.54) is 0 Å². The van der Waals surface area contributed by atoms with E-state index in [2.05, 4.69) is 10.5 Å². The van der Waals surface area contributed by atoms with Gasteiger partial charge in [0.15, 0.2) is 5.84 Å². The normalized spacial score (nSPS) is 27.5. The predicted molar refractivity (Wildman–Crippen MR) is 62.2 cm³/mol. The van der Waals surface area contributed by atoms with Crippen molar-refractivity contribution in [3.63, 3.8) is 0 Å². The number of nitrogens with one attached hydrogen (secondary N) is 1. The van der Waals surface area contributed by atoms with Crippen LogP contribution in [0.1, 0.15) is 12.0 Å². The molecule has 2 heterocycles. The van der Waals surface area contributed by atoms with Crippen molar-refractivity contribution >= 4 is 11.7 Å². The summed E-state index contributed by atoms with van der Waals surface area (Å²) in [6, 6.07) is 9.38. The molecule has 2 atom stereocenters. The quantitative estimate of drug-likeness (QED) is 0.710. The third kappa shape index (κ3) is 1.68. The molecule has 0 aliphatic carbocycles. The van der Waals surface area contributed by atoms with E-state index in [0.717, 1.165) is 11.4 Å². The van der Waals surface area contributed by atoms with Gasteiger partial charge in [0, 0.05) is 18.5 Å². The smallest absolute Gasteiger partial charge is 0.262 e. The Balaban J connectivity index is 1.98. The molecule has 0 aromatic heterocycles. The molecule has 0 radical (unpaired) electrons. The van der Waals surface area contributed by atoms with Gasteiger partial charge >= 0.3 is 0 Å². The minimum Gasteiger partial charge on any atom is -0.391 e. The van der Waals surface area contributed by atoms with Gasteiger partial charge in [-0.1, -0.05) is 30.3 Å². The molecule has 5 nitrogen and oxygen atoms in total. The maximum atomic E-state index is 11.6. The summed E-state index contributed by atoms with van der Waals surface area (Å²) in [4.78, 5) is 13.5. The lowest BCUT2D eigenvalue weighted by molar-refractivity contribution is -0.125. The highest BCUT2D eigenvalue weighted by molar-refractivity contribution is 6.04. The maximum absolute atomic E-state index is 11.6. The molecule has 2 N–H and O–H groups in total. The van der Waals surface area contributed by atoms with Gasteiger partial charge in [0.1, 0.15) is 6.04 Å². The van der Waals surface area contributed by atoms with E-state index in [1.807, 2.05) is 35.2 Å². The van der Waals surface area contributed by atoms with Gasteiger partial charge in [0.05, 0.1) is 6.10 Å². The Morgan fingerprint density at radius 3 is 2.88 bits per heavy atom. The van der Waals surface area contributed by atoms with Crippen LogP contribution >= 0.6 is 0 Å². The van der Waals surface area contributed by atoms with Gasteiger partial charge in [-0.25, -0.2) is 5.43 Å². The third-order valence-electron chi connectivity index (χ3n) is 3.16. The van der Waals surface area contributed by atoms with Crippen LogP contribution in [0.4, 0.5) is 0 Å². The summed E-state index contributed by atoms with van der Waals surface area (Å²) < 4.78 is 0. The Labute approximate surface area is 98.7 Å². The number of benzene rings is 1. The second-order valence-corrected chi connectivity index (χ2v) is 4.34. The van der Waals surface area contributed by atoms with Crippen LogP contribution in [0.3, 0.4) is 0 Å². The standard InChI is InChI=1S/C12H13N3O2/c16-9-6-10-12(17)14-13-11(15(10)7-9)8-4-2-1-3-5-8/h1-5,9-10,16H,6-7H2,(H,14,17). The lowest BCUT2D eigenvalue weighted by Gasteiger charge is -2.30. The zero-order valence-corrected chi connectivity index (χ0v) is 9.21. The van der Waals surface area contributed by atoms with Crippen LogP contribution in [-0.2, 0) is 4.79 Å². The number of nitrogens with zero attached hydrogens (tertiary/aromatic N) is 2.